The molecular formula is C17H19FN2O3S. The summed E-state index contributed by atoms with van der Waals surface area (Å²) < 4.78 is 13.7. The first-order valence-electron chi connectivity index (χ1n) is 7.54. The van der Waals surface area contributed by atoms with Crippen molar-refractivity contribution in [1.29, 1.82) is 0 Å². The summed E-state index contributed by atoms with van der Waals surface area (Å²) in [5.74, 6) is -1.99. The number of carbonyl (C=O) groups is 2. The van der Waals surface area contributed by atoms with Gasteiger partial charge < -0.3 is 10.4 Å². The molecule has 0 saturated carbocycles. The van der Waals surface area contributed by atoms with Gasteiger partial charge in [0.1, 0.15) is 15.7 Å². The molecule has 0 radical (unpaired) electrons. The van der Waals surface area contributed by atoms with E-state index >= 15 is 0 Å². The van der Waals surface area contributed by atoms with E-state index in [9.17, 15) is 14.0 Å². The molecule has 0 fully saturated rings. The summed E-state index contributed by atoms with van der Waals surface area (Å²) >= 11 is 1.05. The largest absolute Gasteiger partial charge is 0.477 e. The predicted octanol–water partition coefficient (Wildman–Crippen LogP) is 3.34. The van der Waals surface area contributed by atoms with Gasteiger partial charge in [0.25, 0.3) is 0 Å². The lowest BCUT2D eigenvalue weighted by molar-refractivity contribution is -0.125. The van der Waals surface area contributed by atoms with Crippen molar-refractivity contribution in [2.24, 2.45) is 5.92 Å². The third kappa shape index (κ3) is 4.17. The van der Waals surface area contributed by atoms with Crippen molar-refractivity contribution in [3.8, 4) is 0 Å². The predicted molar refractivity (Wildman–Crippen MR) is 89.6 cm³/mol. The Morgan fingerprint density at radius 1 is 1.33 bits per heavy atom. The molecule has 24 heavy (non-hydrogen) atoms. The Labute approximate surface area is 143 Å². The van der Waals surface area contributed by atoms with Crippen LogP contribution < -0.4 is 5.32 Å². The number of aromatic carboxylic acids is 1. The smallest absolute Gasteiger partial charge is 0.347 e. The molecule has 0 aliphatic carbocycles. The van der Waals surface area contributed by atoms with Crippen molar-refractivity contribution >= 4 is 23.2 Å². The van der Waals surface area contributed by atoms with Crippen LogP contribution in [0, 0.1) is 18.7 Å². The number of halogens is 1. The fraction of sp³-hybridized carbons (Fsp3) is 0.353. The lowest BCUT2D eigenvalue weighted by Gasteiger charge is -2.16. The lowest BCUT2D eigenvalue weighted by atomic mass is 9.99. The molecule has 1 aromatic heterocycles. The van der Waals surface area contributed by atoms with E-state index in [0.717, 1.165) is 11.3 Å². The Morgan fingerprint density at radius 2 is 2.00 bits per heavy atom. The number of carboxylic acid groups (broad SMARTS) is 1. The van der Waals surface area contributed by atoms with Crippen LogP contribution in [0.4, 0.5) is 4.39 Å². The molecule has 0 aliphatic heterocycles. The van der Waals surface area contributed by atoms with Gasteiger partial charge in [-0.1, -0.05) is 25.1 Å². The number of rotatable bonds is 6. The second kappa shape index (κ2) is 7.53. The fourth-order valence-corrected chi connectivity index (χ4v) is 3.21. The minimum atomic E-state index is -1.03. The lowest BCUT2D eigenvalue weighted by Crippen LogP contribution is -2.32. The molecule has 0 aliphatic rings. The number of aryl methyl sites for hydroxylation is 1. The van der Waals surface area contributed by atoms with Crippen molar-refractivity contribution in [3.05, 3.63) is 51.2 Å². The van der Waals surface area contributed by atoms with Crippen molar-refractivity contribution < 1.29 is 19.1 Å². The molecule has 7 heteroatoms. The van der Waals surface area contributed by atoms with Crippen LogP contribution in [-0.2, 0) is 11.2 Å². The van der Waals surface area contributed by atoms with Crippen LogP contribution >= 0.6 is 11.3 Å². The number of hydrogen-bond acceptors (Lipinski definition) is 4. The van der Waals surface area contributed by atoms with Gasteiger partial charge >= 0.3 is 5.97 Å². The Balaban J connectivity index is 2.02. The molecule has 1 aromatic carbocycles. The van der Waals surface area contributed by atoms with Crippen LogP contribution in [0.15, 0.2) is 24.3 Å². The van der Waals surface area contributed by atoms with Crippen LogP contribution in [0.1, 0.15) is 45.8 Å². The van der Waals surface area contributed by atoms with E-state index in [2.05, 4.69) is 10.3 Å². The van der Waals surface area contributed by atoms with Crippen molar-refractivity contribution in [2.75, 3.05) is 0 Å². The quantitative estimate of drug-likeness (QED) is 0.837. The Bertz CT molecular complexity index is 760. The van der Waals surface area contributed by atoms with E-state index in [0.29, 0.717) is 22.7 Å². The first-order chi connectivity index (χ1) is 11.3. The highest BCUT2D eigenvalue weighted by Crippen LogP contribution is 2.24. The number of benzene rings is 1. The first kappa shape index (κ1) is 18.1. The summed E-state index contributed by atoms with van der Waals surface area (Å²) in [6, 6.07) is 5.96. The number of aromatic nitrogens is 1. The number of nitrogens with one attached hydrogen (secondary N) is 1. The number of carbonyl (C=O) groups excluding carboxylic acids is 1. The monoisotopic (exact) mass is 350 g/mol. The normalized spacial score (nSPS) is 13.3. The minimum absolute atomic E-state index is 0.172. The highest BCUT2D eigenvalue weighted by Gasteiger charge is 2.22. The van der Waals surface area contributed by atoms with Gasteiger partial charge in [-0.2, -0.15) is 0 Å². The Morgan fingerprint density at radius 3 is 2.58 bits per heavy atom. The van der Waals surface area contributed by atoms with Crippen LogP contribution in [0.3, 0.4) is 0 Å². The zero-order valence-corrected chi connectivity index (χ0v) is 14.5. The molecule has 0 saturated heterocycles. The van der Waals surface area contributed by atoms with Crippen molar-refractivity contribution in [2.45, 2.75) is 33.2 Å². The topological polar surface area (TPSA) is 79.3 Å². The summed E-state index contributed by atoms with van der Waals surface area (Å²) in [6.07, 6.45) is 0.294. The molecule has 0 spiro atoms. The van der Waals surface area contributed by atoms with E-state index in [-0.39, 0.29) is 16.6 Å². The Hall–Kier alpha value is -2.28. The molecule has 5 nitrogen and oxygen atoms in total. The number of hydrogen-bond donors (Lipinski definition) is 2. The third-order valence-electron chi connectivity index (χ3n) is 3.67. The van der Waals surface area contributed by atoms with Gasteiger partial charge in [-0.15, -0.1) is 11.3 Å². The van der Waals surface area contributed by atoms with Gasteiger partial charge in [0.15, 0.2) is 0 Å². The molecule has 128 valence electrons. The molecule has 1 amide bonds. The van der Waals surface area contributed by atoms with Gasteiger partial charge in [-0.3, -0.25) is 4.79 Å². The van der Waals surface area contributed by atoms with E-state index in [1.54, 1.807) is 39.0 Å². The molecule has 0 bridgehead atoms. The van der Waals surface area contributed by atoms with Crippen LogP contribution in [-0.4, -0.2) is 22.0 Å². The number of carboxylic acids is 1. The summed E-state index contributed by atoms with van der Waals surface area (Å²) in [4.78, 5) is 27.7. The molecule has 2 rings (SSSR count). The number of nitrogens with zero attached hydrogens (tertiary/aromatic N) is 1. The van der Waals surface area contributed by atoms with Crippen LogP contribution in [0.2, 0.25) is 0 Å². The maximum Gasteiger partial charge on any atom is 0.347 e. The number of amides is 1. The maximum atomic E-state index is 13.7. The van der Waals surface area contributed by atoms with E-state index in [1.807, 2.05) is 0 Å². The highest BCUT2D eigenvalue weighted by molar-refractivity contribution is 7.13. The van der Waals surface area contributed by atoms with Gasteiger partial charge in [0.05, 0.1) is 11.7 Å². The maximum absolute atomic E-state index is 13.7. The molecular weight excluding hydrogens is 331 g/mol. The van der Waals surface area contributed by atoms with Gasteiger partial charge in [0, 0.05) is 5.92 Å². The van der Waals surface area contributed by atoms with Crippen LogP contribution in [0.5, 0.6) is 0 Å². The SMILES string of the molecule is Cc1nc(C(C)NC(=O)C(C)Cc2ccccc2F)sc1C(=O)O. The minimum Gasteiger partial charge on any atom is -0.477 e. The summed E-state index contributed by atoms with van der Waals surface area (Å²) in [6.45, 7) is 5.10. The zero-order valence-electron chi connectivity index (χ0n) is 13.7. The van der Waals surface area contributed by atoms with E-state index in [1.165, 1.54) is 6.07 Å². The highest BCUT2D eigenvalue weighted by atomic mass is 32.1. The first-order valence-corrected chi connectivity index (χ1v) is 8.35. The van der Waals surface area contributed by atoms with Gasteiger partial charge in [0.2, 0.25) is 5.91 Å². The summed E-state index contributed by atoms with van der Waals surface area (Å²) in [5.41, 5.74) is 0.925. The third-order valence-corrected chi connectivity index (χ3v) is 5.00. The standard InChI is InChI=1S/C17H19FN2O3S/c1-9(8-12-6-4-5-7-13(12)18)15(21)19-11(3)16-20-10(2)14(24-16)17(22)23/h4-7,9,11H,8H2,1-3H3,(H,19,21)(H,22,23). The fourth-order valence-electron chi connectivity index (χ4n) is 2.30. The zero-order chi connectivity index (χ0) is 17.9. The average molecular weight is 350 g/mol. The summed E-state index contributed by atoms with van der Waals surface area (Å²) in [5, 5.41) is 12.4. The van der Waals surface area contributed by atoms with Gasteiger partial charge in [-0.25, -0.2) is 14.2 Å². The van der Waals surface area contributed by atoms with Crippen molar-refractivity contribution in [3.63, 3.8) is 0 Å². The summed E-state index contributed by atoms with van der Waals surface area (Å²) in [7, 11) is 0. The second-order valence-electron chi connectivity index (χ2n) is 5.70. The van der Waals surface area contributed by atoms with Crippen LogP contribution in [0.25, 0.3) is 0 Å². The van der Waals surface area contributed by atoms with Crippen molar-refractivity contribution in [1.82, 2.24) is 10.3 Å². The Kier molecular flexibility index (Phi) is 5.66. The molecule has 2 unspecified atom stereocenters. The van der Waals surface area contributed by atoms with E-state index < -0.39 is 17.9 Å². The molecule has 1 heterocycles. The molecule has 2 atom stereocenters. The molecule has 2 N–H and O–H groups in total. The molecule has 2 aromatic rings. The second-order valence-corrected chi connectivity index (χ2v) is 6.73. The van der Waals surface area contributed by atoms with E-state index in [4.69, 9.17) is 5.11 Å². The number of thiazole rings is 1. The average Bonchev–Trinajstić information content (AvgIpc) is 2.91. The van der Waals surface area contributed by atoms with Gasteiger partial charge in [-0.05, 0) is 31.9 Å².